The Kier molecular flexibility index (Phi) is 5.30. The van der Waals surface area contributed by atoms with Crippen molar-refractivity contribution in [2.45, 2.75) is 39.8 Å². The molecule has 1 aromatic heterocycles. The number of amides is 2. The number of nitrogens with one attached hydrogen (secondary N) is 1. The van der Waals surface area contributed by atoms with Gasteiger partial charge in [0.1, 0.15) is 6.54 Å². The molecule has 1 aliphatic heterocycles. The van der Waals surface area contributed by atoms with Gasteiger partial charge in [0.15, 0.2) is 6.61 Å². The third-order valence-corrected chi connectivity index (χ3v) is 4.69. The van der Waals surface area contributed by atoms with Crippen molar-refractivity contribution in [3.63, 3.8) is 0 Å². The third kappa shape index (κ3) is 4.02. The lowest BCUT2D eigenvalue weighted by Crippen LogP contribution is -2.41. The number of aromatic nitrogens is 1. The summed E-state index contributed by atoms with van der Waals surface area (Å²) in [6.07, 6.45) is 0.177. The summed E-state index contributed by atoms with van der Waals surface area (Å²) >= 11 is 0. The fourth-order valence-electron chi connectivity index (χ4n) is 3.30. The molecule has 1 aliphatic rings. The lowest BCUT2D eigenvalue weighted by molar-refractivity contribution is -0.148. The summed E-state index contributed by atoms with van der Waals surface area (Å²) < 4.78 is 7.05. The van der Waals surface area contributed by atoms with Gasteiger partial charge in [-0.15, -0.1) is 0 Å². The SMILES string of the molecule is Cc1ccc(C)n1CC(=O)OCC(=O)N1c2ccccc2NC(=O)C[C@H]1C. The predicted molar refractivity (Wildman–Crippen MR) is 102 cm³/mol. The Labute approximate surface area is 157 Å². The molecular weight excluding hydrogens is 346 g/mol. The van der Waals surface area contributed by atoms with Crippen molar-refractivity contribution in [1.82, 2.24) is 4.57 Å². The van der Waals surface area contributed by atoms with Crippen molar-refractivity contribution in [3.8, 4) is 0 Å². The minimum Gasteiger partial charge on any atom is -0.454 e. The molecule has 0 unspecified atom stereocenters. The summed E-state index contributed by atoms with van der Waals surface area (Å²) in [6.45, 7) is 5.31. The number of nitrogens with zero attached hydrogens (tertiary/aromatic N) is 2. The van der Waals surface area contributed by atoms with Crippen LogP contribution in [0.3, 0.4) is 0 Å². The molecule has 3 rings (SSSR count). The number of rotatable bonds is 4. The number of aryl methyl sites for hydroxylation is 2. The van der Waals surface area contributed by atoms with E-state index in [0.29, 0.717) is 11.4 Å². The van der Waals surface area contributed by atoms with Gasteiger partial charge in [-0.1, -0.05) is 12.1 Å². The summed E-state index contributed by atoms with van der Waals surface area (Å²) in [5, 5.41) is 2.80. The minimum absolute atomic E-state index is 0.0597. The summed E-state index contributed by atoms with van der Waals surface area (Å²) in [5.41, 5.74) is 3.09. The second-order valence-corrected chi connectivity index (χ2v) is 6.75. The lowest BCUT2D eigenvalue weighted by atomic mass is 10.1. The van der Waals surface area contributed by atoms with Crippen LogP contribution in [0.2, 0.25) is 0 Å². The van der Waals surface area contributed by atoms with Crippen LogP contribution in [-0.2, 0) is 25.7 Å². The quantitative estimate of drug-likeness (QED) is 0.840. The van der Waals surface area contributed by atoms with Crippen molar-refractivity contribution < 1.29 is 19.1 Å². The fraction of sp³-hybridized carbons (Fsp3) is 0.350. The van der Waals surface area contributed by atoms with E-state index in [4.69, 9.17) is 4.74 Å². The molecule has 2 amide bonds. The van der Waals surface area contributed by atoms with Crippen LogP contribution in [0.4, 0.5) is 11.4 Å². The molecule has 2 aromatic rings. The Bertz CT molecular complexity index is 868. The molecule has 0 saturated carbocycles. The van der Waals surface area contributed by atoms with Crippen molar-refractivity contribution in [2.75, 3.05) is 16.8 Å². The molecule has 0 radical (unpaired) electrons. The zero-order valence-corrected chi connectivity index (χ0v) is 15.7. The fourth-order valence-corrected chi connectivity index (χ4v) is 3.30. The topological polar surface area (TPSA) is 80.6 Å². The first-order valence-corrected chi connectivity index (χ1v) is 8.86. The van der Waals surface area contributed by atoms with E-state index in [0.717, 1.165) is 11.4 Å². The largest absolute Gasteiger partial charge is 0.454 e. The van der Waals surface area contributed by atoms with E-state index in [1.165, 1.54) is 4.90 Å². The highest BCUT2D eigenvalue weighted by molar-refractivity contribution is 6.05. The van der Waals surface area contributed by atoms with Gasteiger partial charge >= 0.3 is 5.97 Å². The molecule has 0 aliphatic carbocycles. The first-order valence-electron chi connectivity index (χ1n) is 8.86. The number of hydrogen-bond acceptors (Lipinski definition) is 4. The number of para-hydroxylation sites is 2. The molecule has 0 fully saturated rings. The number of anilines is 2. The molecule has 0 saturated heterocycles. The maximum Gasteiger partial charge on any atom is 0.326 e. The predicted octanol–water partition coefficient (Wildman–Crippen LogP) is 2.41. The number of fused-ring (bicyclic) bond motifs is 1. The number of hydrogen-bond donors (Lipinski definition) is 1. The zero-order chi connectivity index (χ0) is 19.6. The Morgan fingerprint density at radius 2 is 1.81 bits per heavy atom. The van der Waals surface area contributed by atoms with Crippen LogP contribution >= 0.6 is 0 Å². The first kappa shape index (κ1) is 18.7. The van der Waals surface area contributed by atoms with E-state index >= 15 is 0 Å². The molecule has 0 bridgehead atoms. The highest BCUT2D eigenvalue weighted by Crippen LogP contribution is 2.31. The van der Waals surface area contributed by atoms with Crippen LogP contribution in [-0.4, -0.2) is 35.0 Å². The van der Waals surface area contributed by atoms with Crippen LogP contribution in [0.25, 0.3) is 0 Å². The van der Waals surface area contributed by atoms with Gasteiger partial charge in [-0.05, 0) is 45.0 Å². The van der Waals surface area contributed by atoms with Crippen LogP contribution in [0.15, 0.2) is 36.4 Å². The molecule has 7 heteroatoms. The summed E-state index contributed by atoms with van der Waals surface area (Å²) in [6, 6.07) is 10.6. The van der Waals surface area contributed by atoms with Crippen molar-refractivity contribution in [1.29, 1.82) is 0 Å². The monoisotopic (exact) mass is 369 g/mol. The molecule has 7 nitrogen and oxygen atoms in total. The van der Waals surface area contributed by atoms with Crippen LogP contribution in [0.1, 0.15) is 24.7 Å². The van der Waals surface area contributed by atoms with E-state index in [2.05, 4.69) is 5.32 Å². The summed E-state index contributed by atoms with van der Waals surface area (Å²) in [5.74, 6) is -0.989. The van der Waals surface area contributed by atoms with Crippen molar-refractivity contribution >= 4 is 29.2 Å². The number of carbonyl (C=O) groups excluding carboxylic acids is 3. The molecule has 0 spiro atoms. The van der Waals surface area contributed by atoms with Gasteiger partial charge in [-0.2, -0.15) is 0 Å². The molecule has 1 aromatic carbocycles. The second-order valence-electron chi connectivity index (χ2n) is 6.75. The van der Waals surface area contributed by atoms with E-state index < -0.39 is 5.97 Å². The van der Waals surface area contributed by atoms with Gasteiger partial charge < -0.3 is 19.5 Å². The van der Waals surface area contributed by atoms with Gasteiger partial charge in [0.25, 0.3) is 5.91 Å². The normalized spacial score (nSPS) is 16.3. The minimum atomic E-state index is -0.476. The number of carbonyl (C=O) groups is 3. The van der Waals surface area contributed by atoms with Crippen LogP contribution < -0.4 is 10.2 Å². The van der Waals surface area contributed by atoms with Gasteiger partial charge in [0.05, 0.1) is 11.4 Å². The Balaban J connectivity index is 1.70. The molecular formula is C20H23N3O4. The maximum atomic E-state index is 12.8. The van der Waals surface area contributed by atoms with Crippen molar-refractivity contribution in [2.24, 2.45) is 0 Å². The van der Waals surface area contributed by atoms with E-state index in [-0.39, 0.29) is 37.4 Å². The molecule has 1 atom stereocenters. The Hall–Kier alpha value is -3.09. The van der Waals surface area contributed by atoms with E-state index in [1.807, 2.05) is 30.5 Å². The van der Waals surface area contributed by atoms with E-state index in [9.17, 15) is 14.4 Å². The summed E-state index contributed by atoms with van der Waals surface area (Å²) in [4.78, 5) is 38.5. The first-order chi connectivity index (χ1) is 12.9. The maximum absolute atomic E-state index is 12.8. The standard InChI is InChI=1S/C20H23N3O4/c1-13-8-9-14(2)22(13)11-20(26)27-12-19(25)23-15(3)10-18(24)21-16-6-4-5-7-17(16)23/h4-9,15H,10-12H2,1-3H3,(H,21,24)/t15-/m1/s1. The third-order valence-electron chi connectivity index (χ3n) is 4.69. The number of ether oxygens (including phenoxy) is 1. The van der Waals surface area contributed by atoms with Crippen LogP contribution in [0, 0.1) is 13.8 Å². The van der Waals surface area contributed by atoms with Gasteiger partial charge in [-0.3, -0.25) is 14.4 Å². The van der Waals surface area contributed by atoms with E-state index in [1.54, 1.807) is 31.2 Å². The zero-order valence-electron chi connectivity index (χ0n) is 15.7. The average Bonchev–Trinajstić information content (AvgIpc) is 2.86. The highest BCUT2D eigenvalue weighted by atomic mass is 16.5. The smallest absolute Gasteiger partial charge is 0.326 e. The summed E-state index contributed by atoms with van der Waals surface area (Å²) in [7, 11) is 0. The highest BCUT2D eigenvalue weighted by Gasteiger charge is 2.30. The Morgan fingerprint density at radius 1 is 1.15 bits per heavy atom. The van der Waals surface area contributed by atoms with Gasteiger partial charge in [0.2, 0.25) is 5.91 Å². The van der Waals surface area contributed by atoms with Crippen molar-refractivity contribution in [3.05, 3.63) is 47.8 Å². The number of benzene rings is 1. The van der Waals surface area contributed by atoms with Gasteiger partial charge in [0, 0.05) is 23.9 Å². The lowest BCUT2D eigenvalue weighted by Gasteiger charge is -2.27. The Morgan fingerprint density at radius 3 is 2.52 bits per heavy atom. The molecule has 27 heavy (non-hydrogen) atoms. The molecule has 2 heterocycles. The number of esters is 1. The second kappa shape index (κ2) is 7.65. The van der Waals surface area contributed by atoms with Crippen LogP contribution in [0.5, 0.6) is 0 Å². The molecule has 142 valence electrons. The van der Waals surface area contributed by atoms with Gasteiger partial charge in [-0.25, -0.2) is 0 Å². The average molecular weight is 369 g/mol. The molecule has 1 N–H and O–H groups in total.